The largest absolute Gasteiger partial charge is 0.344 e. The second kappa shape index (κ2) is 8.24. The summed E-state index contributed by atoms with van der Waals surface area (Å²) in [6, 6.07) is 15.1. The van der Waals surface area contributed by atoms with Gasteiger partial charge in [0.25, 0.3) is 0 Å². The van der Waals surface area contributed by atoms with E-state index in [4.69, 9.17) is 0 Å². The minimum Gasteiger partial charge on any atom is -0.344 e. The molecule has 0 unspecified atom stereocenters. The number of nitrogens with zero attached hydrogens (tertiary/aromatic N) is 1. The average molecular weight is 374 g/mol. The number of aryl methyl sites for hydroxylation is 1. The third-order valence-electron chi connectivity index (χ3n) is 3.01. The Morgan fingerprint density at radius 1 is 1.13 bits per heavy atom. The van der Waals surface area contributed by atoms with E-state index < -0.39 is 11.8 Å². The summed E-state index contributed by atoms with van der Waals surface area (Å²) in [6.07, 6.45) is 1.47. The van der Waals surface area contributed by atoms with Gasteiger partial charge in [-0.05, 0) is 30.2 Å². The fraction of sp³-hybridized carbons (Fsp3) is 0.118. The zero-order chi connectivity index (χ0) is 16.7. The van der Waals surface area contributed by atoms with Crippen molar-refractivity contribution in [2.75, 3.05) is 0 Å². The molecule has 2 aromatic rings. The van der Waals surface area contributed by atoms with Crippen molar-refractivity contribution in [2.45, 2.75) is 13.5 Å². The normalized spacial score (nSPS) is 10.5. The fourth-order valence-electron chi connectivity index (χ4n) is 1.77. The first-order chi connectivity index (χ1) is 11.0. The molecule has 2 amide bonds. The van der Waals surface area contributed by atoms with Gasteiger partial charge in [-0.2, -0.15) is 5.10 Å². The van der Waals surface area contributed by atoms with Crippen LogP contribution in [0.15, 0.2) is 58.1 Å². The Morgan fingerprint density at radius 2 is 1.87 bits per heavy atom. The van der Waals surface area contributed by atoms with E-state index in [9.17, 15) is 9.59 Å². The number of hydrogen-bond acceptors (Lipinski definition) is 3. The molecule has 0 fully saturated rings. The lowest BCUT2D eigenvalue weighted by Gasteiger charge is -2.04. The standard InChI is InChI=1S/C17H16BrN3O2/c1-12-5-7-13(8-6-12)10-19-16(22)17(23)21-20-11-14-3-2-4-15(18)9-14/h2-9,11H,10H2,1H3,(H,19,22)(H,21,23)/b20-11+. The zero-order valence-electron chi connectivity index (χ0n) is 12.5. The van der Waals surface area contributed by atoms with Crippen LogP contribution in [0, 0.1) is 6.92 Å². The molecule has 0 aliphatic heterocycles. The summed E-state index contributed by atoms with van der Waals surface area (Å²) < 4.78 is 0.906. The second-order valence-electron chi connectivity index (χ2n) is 4.92. The quantitative estimate of drug-likeness (QED) is 0.491. The first kappa shape index (κ1) is 16.9. The molecular weight excluding hydrogens is 358 g/mol. The zero-order valence-corrected chi connectivity index (χ0v) is 14.1. The number of hydrogen-bond donors (Lipinski definition) is 2. The van der Waals surface area contributed by atoms with E-state index >= 15 is 0 Å². The molecule has 5 nitrogen and oxygen atoms in total. The molecule has 0 aromatic heterocycles. The molecule has 0 saturated carbocycles. The van der Waals surface area contributed by atoms with E-state index in [0.29, 0.717) is 6.54 Å². The molecule has 0 saturated heterocycles. The van der Waals surface area contributed by atoms with Gasteiger partial charge in [-0.1, -0.05) is 57.9 Å². The number of halogens is 1. The third-order valence-corrected chi connectivity index (χ3v) is 3.50. The molecular formula is C17H16BrN3O2. The minimum atomic E-state index is -0.802. The van der Waals surface area contributed by atoms with Gasteiger partial charge in [0.15, 0.2) is 0 Å². The maximum Gasteiger partial charge on any atom is 0.329 e. The van der Waals surface area contributed by atoms with Crippen LogP contribution in [0.1, 0.15) is 16.7 Å². The predicted molar refractivity (Wildman–Crippen MR) is 92.9 cm³/mol. The highest BCUT2D eigenvalue weighted by Crippen LogP contribution is 2.09. The molecule has 118 valence electrons. The Morgan fingerprint density at radius 3 is 2.57 bits per heavy atom. The summed E-state index contributed by atoms with van der Waals surface area (Å²) >= 11 is 3.34. The topological polar surface area (TPSA) is 70.6 Å². The number of benzene rings is 2. The van der Waals surface area contributed by atoms with E-state index in [1.807, 2.05) is 55.5 Å². The maximum absolute atomic E-state index is 11.7. The van der Waals surface area contributed by atoms with Gasteiger partial charge in [0.05, 0.1) is 6.21 Å². The van der Waals surface area contributed by atoms with Crippen molar-refractivity contribution in [1.29, 1.82) is 0 Å². The van der Waals surface area contributed by atoms with Crippen molar-refractivity contribution >= 4 is 34.0 Å². The van der Waals surface area contributed by atoms with Crippen LogP contribution in [0.25, 0.3) is 0 Å². The highest BCUT2D eigenvalue weighted by molar-refractivity contribution is 9.10. The Hall–Kier alpha value is -2.47. The lowest BCUT2D eigenvalue weighted by molar-refractivity contribution is -0.139. The highest BCUT2D eigenvalue weighted by atomic mass is 79.9. The van der Waals surface area contributed by atoms with Crippen LogP contribution in [-0.2, 0) is 16.1 Å². The number of amides is 2. The fourth-order valence-corrected chi connectivity index (χ4v) is 2.19. The van der Waals surface area contributed by atoms with Gasteiger partial charge < -0.3 is 5.32 Å². The van der Waals surface area contributed by atoms with Crippen molar-refractivity contribution in [3.05, 3.63) is 69.7 Å². The number of hydrazone groups is 1. The Bertz CT molecular complexity index is 727. The second-order valence-corrected chi connectivity index (χ2v) is 5.84. The molecule has 6 heteroatoms. The Kier molecular flexibility index (Phi) is 6.05. The van der Waals surface area contributed by atoms with Gasteiger partial charge in [0.2, 0.25) is 0 Å². The van der Waals surface area contributed by atoms with Gasteiger partial charge in [-0.3, -0.25) is 9.59 Å². The van der Waals surface area contributed by atoms with Gasteiger partial charge in [0.1, 0.15) is 0 Å². The molecule has 2 N–H and O–H groups in total. The van der Waals surface area contributed by atoms with Gasteiger partial charge in [-0.15, -0.1) is 0 Å². The van der Waals surface area contributed by atoms with Crippen molar-refractivity contribution in [2.24, 2.45) is 5.10 Å². The minimum absolute atomic E-state index is 0.294. The smallest absolute Gasteiger partial charge is 0.329 e. The lowest BCUT2D eigenvalue weighted by atomic mass is 10.1. The summed E-state index contributed by atoms with van der Waals surface area (Å²) in [5, 5.41) is 6.31. The van der Waals surface area contributed by atoms with E-state index in [1.54, 1.807) is 0 Å². The van der Waals surface area contributed by atoms with Crippen LogP contribution in [0.3, 0.4) is 0 Å². The van der Waals surface area contributed by atoms with E-state index in [1.165, 1.54) is 6.21 Å². The van der Waals surface area contributed by atoms with Crippen molar-refractivity contribution in [3.63, 3.8) is 0 Å². The molecule has 23 heavy (non-hydrogen) atoms. The predicted octanol–water partition coefficient (Wildman–Crippen LogP) is 2.52. The van der Waals surface area contributed by atoms with Crippen LogP contribution in [0.4, 0.5) is 0 Å². The molecule has 0 atom stereocenters. The summed E-state index contributed by atoms with van der Waals surface area (Å²) in [5.41, 5.74) is 5.07. The number of nitrogens with one attached hydrogen (secondary N) is 2. The molecule has 0 radical (unpaired) electrons. The van der Waals surface area contributed by atoms with Gasteiger partial charge in [-0.25, -0.2) is 5.43 Å². The van der Waals surface area contributed by atoms with Gasteiger partial charge >= 0.3 is 11.8 Å². The van der Waals surface area contributed by atoms with E-state index in [-0.39, 0.29) is 0 Å². The van der Waals surface area contributed by atoms with Gasteiger partial charge in [0, 0.05) is 11.0 Å². The van der Waals surface area contributed by atoms with Crippen LogP contribution in [0.2, 0.25) is 0 Å². The molecule has 0 aliphatic rings. The molecule has 0 spiro atoms. The maximum atomic E-state index is 11.7. The van der Waals surface area contributed by atoms with Crippen molar-refractivity contribution in [3.8, 4) is 0 Å². The highest BCUT2D eigenvalue weighted by Gasteiger charge is 2.11. The Balaban J connectivity index is 1.80. The van der Waals surface area contributed by atoms with Crippen LogP contribution < -0.4 is 10.7 Å². The summed E-state index contributed by atoms with van der Waals surface area (Å²) in [7, 11) is 0. The van der Waals surface area contributed by atoms with Crippen LogP contribution in [-0.4, -0.2) is 18.0 Å². The third kappa shape index (κ3) is 5.67. The summed E-state index contributed by atoms with van der Waals surface area (Å²) in [5.74, 6) is -1.53. The van der Waals surface area contributed by atoms with Crippen LogP contribution in [0.5, 0.6) is 0 Å². The van der Waals surface area contributed by atoms with E-state index in [0.717, 1.165) is 21.2 Å². The summed E-state index contributed by atoms with van der Waals surface area (Å²) in [4.78, 5) is 23.3. The molecule has 0 bridgehead atoms. The number of carbonyl (C=O) groups excluding carboxylic acids is 2. The SMILES string of the molecule is Cc1ccc(CNC(=O)C(=O)N/N=C/c2cccc(Br)c2)cc1. The first-order valence-corrected chi connectivity index (χ1v) is 7.76. The van der Waals surface area contributed by atoms with Crippen molar-refractivity contribution < 1.29 is 9.59 Å². The average Bonchev–Trinajstić information content (AvgIpc) is 2.54. The summed E-state index contributed by atoms with van der Waals surface area (Å²) in [6.45, 7) is 2.28. The van der Waals surface area contributed by atoms with Crippen LogP contribution >= 0.6 is 15.9 Å². The number of rotatable bonds is 4. The first-order valence-electron chi connectivity index (χ1n) is 6.97. The number of carbonyl (C=O) groups is 2. The monoisotopic (exact) mass is 373 g/mol. The lowest BCUT2D eigenvalue weighted by Crippen LogP contribution is -2.37. The Labute approximate surface area is 142 Å². The molecule has 0 heterocycles. The molecule has 2 aromatic carbocycles. The molecule has 2 rings (SSSR count). The van der Waals surface area contributed by atoms with E-state index in [2.05, 4.69) is 31.8 Å². The molecule has 0 aliphatic carbocycles. The van der Waals surface area contributed by atoms with Crippen molar-refractivity contribution in [1.82, 2.24) is 10.7 Å².